The number of aliphatic hydroxyl groups is 1. The Balaban J connectivity index is 2.39. The predicted molar refractivity (Wildman–Crippen MR) is 90.5 cm³/mol. The summed E-state index contributed by atoms with van der Waals surface area (Å²) in [6.45, 7) is 5.03. The summed E-state index contributed by atoms with van der Waals surface area (Å²) in [6, 6.07) is 6.95. The molecule has 1 N–H and O–H groups in total. The summed E-state index contributed by atoms with van der Waals surface area (Å²) in [7, 11) is 0. The lowest BCUT2D eigenvalue weighted by atomic mass is 9.91. The Bertz CT molecular complexity index is 527. The highest BCUT2D eigenvalue weighted by Crippen LogP contribution is 2.21. The van der Waals surface area contributed by atoms with E-state index in [0.29, 0.717) is 12.0 Å². The van der Waals surface area contributed by atoms with Crippen molar-refractivity contribution in [3.05, 3.63) is 33.4 Å². The van der Waals surface area contributed by atoms with Crippen molar-refractivity contribution in [2.75, 3.05) is 13.2 Å². The first-order valence-corrected chi connectivity index (χ1v) is 8.12. The molecule has 1 rings (SSSR count). The van der Waals surface area contributed by atoms with E-state index >= 15 is 0 Å². The van der Waals surface area contributed by atoms with Crippen LogP contribution in [0.15, 0.2) is 24.3 Å². The van der Waals surface area contributed by atoms with E-state index in [1.807, 2.05) is 13.0 Å². The van der Waals surface area contributed by atoms with Gasteiger partial charge in [-0.1, -0.05) is 13.0 Å². The van der Waals surface area contributed by atoms with E-state index < -0.39 is 17.5 Å². The molecule has 1 unspecified atom stereocenters. The van der Waals surface area contributed by atoms with Crippen LogP contribution < -0.4 is 0 Å². The highest BCUT2D eigenvalue weighted by Gasteiger charge is 2.27. The minimum absolute atomic E-state index is 0.193. The molecule has 0 amide bonds. The molecule has 5 nitrogen and oxygen atoms in total. The Morgan fingerprint density at radius 2 is 1.91 bits per heavy atom. The normalized spacial score (nSPS) is 12.6. The number of benzene rings is 1. The highest BCUT2D eigenvalue weighted by atomic mass is 127. The number of esters is 2. The SMILES string of the molecule is CCC(C)(C)C(=O)OCC(O)COC(=O)c1cccc(I)c1. The monoisotopic (exact) mass is 420 g/mol. The van der Waals surface area contributed by atoms with Gasteiger partial charge in [-0.2, -0.15) is 0 Å². The average molecular weight is 420 g/mol. The lowest BCUT2D eigenvalue weighted by molar-refractivity contribution is -0.157. The molecule has 0 spiro atoms. The zero-order valence-electron chi connectivity index (χ0n) is 13.0. The Morgan fingerprint density at radius 3 is 2.50 bits per heavy atom. The van der Waals surface area contributed by atoms with Crippen LogP contribution in [0, 0.1) is 8.99 Å². The van der Waals surface area contributed by atoms with Gasteiger partial charge in [-0.05, 0) is 61.1 Å². The van der Waals surface area contributed by atoms with Gasteiger partial charge in [0.15, 0.2) is 0 Å². The molecule has 0 aromatic heterocycles. The first kappa shape index (κ1) is 18.9. The van der Waals surface area contributed by atoms with Crippen LogP contribution in [-0.2, 0) is 14.3 Å². The summed E-state index contributed by atoms with van der Waals surface area (Å²) in [5.41, 5.74) is -0.167. The molecule has 0 aliphatic heterocycles. The Kier molecular flexibility index (Phi) is 7.28. The lowest BCUT2D eigenvalue weighted by Crippen LogP contribution is -2.31. The van der Waals surface area contributed by atoms with Crippen molar-refractivity contribution in [1.29, 1.82) is 0 Å². The molecule has 0 radical (unpaired) electrons. The number of hydrogen-bond acceptors (Lipinski definition) is 5. The Labute approximate surface area is 144 Å². The van der Waals surface area contributed by atoms with Gasteiger partial charge in [0.1, 0.15) is 19.3 Å². The second kappa shape index (κ2) is 8.47. The summed E-state index contributed by atoms with van der Waals surface area (Å²) in [4.78, 5) is 23.6. The topological polar surface area (TPSA) is 72.8 Å². The maximum atomic E-state index is 11.8. The fraction of sp³-hybridized carbons (Fsp3) is 0.500. The van der Waals surface area contributed by atoms with E-state index in [2.05, 4.69) is 22.6 Å². The maximum absolute atomic E-state index is 11.8. The largest absolute Gasteiger partial charge is 0.462 e. The van der Waals surface area contributed by atoms with Crippen LogP contribution in [-0.4, -0.2) is 36.4 Å². The fourth-order valence-corrected chi connectivity index (χ4v) is 1.97. The van der Waals surface area contributed by atoms with E-state index in [1.165, 1.54) is 0 Å². The third kappa shape index (κ3) is 5.92. The van der Waals surface area contributed by atoms with Crippen LogP contribution in [0.5, 0.6) is 0 Å². The van der Waals surface area contributed by atoms with Crippen molar-refractivity contribution in [3.8, 4) is 0 Å². The van der Waals surface area contributed by atoms with Gasteiger partial charge in [0, 0.05) is 3.57 Å². The molecule has 0 saturated carbocycles. The zero-order chi connectivity index (χ0) is 16.8. The summed E-state index contributed by atoms with van der Waals surface area (Å²) >= 11 is 2.10. The molecule has 0 aliphatic rings. The standard InChI is InChI=1S/C16H21IO5/c1-4-16(2,3)15(20)22-10-13(18)9-21-14(19)11-6-5-7-12(17)8-11/h5-8,13,18H,4,9-10H2,1-3H3. The summed E-state index contributed by atoms with van der Waals surface area (Å²) in [5, 5.41) is 9.73. The highest BCUT2D eigenvalue weighted by molar-refractivity contribution is 14.1. The molecule has 0 aliphatic carbocycles. The number of carbonyl (C=O) groups excluding carboxylic acids is 2. The summed E-state index contributed by atoms with van der Waals surface area (Å²) < 4.78 is 11.0. The van der Waals surface area contributed by atoms with E-state index in [4.69, 9.17) is 9.47 Å². The Hall–Kier alpha value is -1.15. The van der Waals surface area contributed by atoms with Gasteiger partial charge in [-0.25, -0.2) is 4.79 Å². The lowest BCUT2D eigenvalue weighted by Gasteiger charge is -2.21. The molecule has 0 fully saturated rings. The quantitative estimate of drug-likeness (QED) is 0.543. The number of aliphatic hydroxyl groups excluding tert-OH is 1. The van der Waals surface area contributed by atoms with Crippen molar-refractivity contribution in [1.82, 2.24) is 0 Å². The van der Waals surface area contributed by atoms with Gasteiger partial charge in [0.25, 0.3) is 0 Å². The minimum atomic E-state index is -1.04. The molecule has 0 bridgehead atoms. The number of halogens is 1. The van der Waals surface area contributed by atoms with Crippen LogP contribution in [0.4, 0.5) is 0 Å². The Morgan fingerprint density at radius 1 is 1.27 bits per heavy atom. The van der Waals surface area contributed by atoms with Crippen LogP contribution in [0.25, 0.3) is 0 Å². The number of carbonyl (C=O) groups is 2. The average Bonchev–Trinajstić information content (AvgIpc) is 2.49. The van der Waals surface area contributed by atoms with Crippen LogP contribution in [0.3, 0.4) is 0 Å². The van der Waals surface area contributed by atoms with E-state index in [9.17, 15) is 14.7 Å². The van der Waals surface area contributed by atoms with Gasteiger partial charge in [0.05, 0.1) is 11.0 Å². The van der Waals surface area contributed by atoms with E-state index in [1.54, 1.807) is 32.0 Å². The first-order chi connectivity index (χ1) is 10.3. The molecule has 22 heavy (non-hydrogen) atoms. The van der Waals surface area contributed by atoms with Gasteiger partial charge >= 0.3 is 11.9 Å². The second-order valence-corrected chi connectivity index (χ2v) is 6.84. The van der Waals surface area contributed by atoms with Crippen molar-refractivity contribution in [2.45, 2.75) is 33.3 Å². The van der Waals surface area contributed by atoms with Crippen molar-refractivity contribution in [2.24, 2.45) is 5.41 Å². The summed E-state index contributed by atoms with van der Waals surface area (Å²) in [6.07, 6.45) is -0.396. The second-order valence-electron chi connectivity index (χ2n) is 5.60. The number of hydrogen-bond donors (Lipinski definition) is 1. The molecule has 122 valence electrons. The molecule has 0 heterocycles. The van der Waals surface area contributed by atoms with Gasteiger partial charge in [-0.15, -0.1) is 0 Å². The van der Waals surface area contributed by atoms with Crippen molar-refractivity contribution in [3.63, 3.8) is 0 Å². The zero-order valence-corrected chi connectivity index (χ0v) is 15.1. The molecule has 6 heteroatoms. The van der Waals surface area contributed by atoms with Crippen molar-refractivity contribution < 1.29 is 24.2 Å². The van der Waals surface area contributed by atoms with E-state index in [0.717, 1.165) is 3.57 Å². The minimum Gasteiger partial charge on any atom is -0.462 e. The maximum Gasteiger partial charge on any atom is 0.338 e. The van der Waals surface area contributed by atoms with Crippen LogP contribution >= 0.6 is 22.6 Å². The van der Waals surface area contributed by atoms with Gasteiger partial charge in [0.2, 0.25) is 0 Å². The summed E-state index contributed by atoms with van der Waals surface area (Å²) in [5.74, 6) is -0.893. The number of rotatable bonds is 7. The van der Waals surface area contributed by atoms with Gasteiger partial charge in [-0.3, -0.25) is 4.79 Å². The molecule has 1 aromatic rings. The number of ether oxygens (including phenoxy) is 2. The van der Waals surface area contributed by atoms with Crippen LogP contribution in [0.1, 0.15) is 37.6 Å². The molecule has 1 atom stereocenters. The molecule has 0 saturated heterocycles. The third-order valence-electron chi connectivity index (χ3n) is 3.31. The third-order valence-corrected chi connectivity index (χ3v) is 3.98. The van der Waals surface area contributed by atoms with Gasteiger partial charge < -0.3 is 14.6 Å². The van der Waals surface area contributed by atoms with E-state index in [-0.39, 0.29) is 19.2 Å². The predicted octanol–water partition coefficient (Wildman–Crippen LogP) is 2.79. The van der Waals surface area contributed by atoms with Crippen LogP contribution in [0.2, 0.25) is 0 Å². The smallest absolute Gasteiger partial charge is 0.338 e. The molecular weight excluding hydrogens is 399 g/mol. The first-order valence-electron chi connectivity index (χ1n) is 7.04. The van der Waals surface area contributed by atoms with Crippen molar-refractivity contribution >= 4 is 34.5 Å². The fourth-order valence-electron chi connectivity index (χ4n) is 1.43. The molecule has 1 aromatic carbocycles. The molecular formula is C16H21IO5.